The van der Waals surface area contributed by atoms with Crippen molar-refractivity contribution in [3.8, 4) is 0 Å². The number of halogens is 1. The monoisotopic (exact) mass is 287 g/mol. The van der Waals surface area contributed by atoms with Gasteiger partial charge in [0.15, 0.2) is 0 Å². The zero-order chi connectivity index (χ0) is 11.8. The van der Waals surface area contributed by atoms with E-state index >= 15 is 0 Å². The molecule has 90 valence electrons. The fourth-order valence-electron chi connectivity index (χ4n) is 1.83. The van der Waals surface area contributed by atoms with Crippen molar-refractivity contribution in [2.75, 3.05) is 13.1 Å². The topological polar surface area (TPSA) is 39.1 Å². The quantitative estimate of drug-likeness (QED) is 0.919. The Labute approximate surface area is 104 Å². The third kappa shape index (κ3) is 2.17. The SMILES string of the molecule is CCn1nc(C)c(Br)c1COC1(C)CNC1. The van der Waals surface area contributed by atoms with Crippen molar-refractivity contribution in [3.05, 3.63) is 15.9 Å². The maximum atomic E-state index is 5.93. The Morgan fingerprint density at radius 2 is 2.25 bits per heavy atom. The summed E-state index contributed by atoms with van der Waals surface area (Å²) in [7, 11) is 0. The van der Waals surface area contributed by atoms with E-state index in [-0.39, 0.29) is 5.60 Å². The number of aromatic nitrogens is 2. The highest BCUT2D eigenvalue weighted by atomic mass is 79.9. The second kappa shape index (κ2) is 4.47. The van der Waals surface area contributed by atoms with Gasteiger partial charge >= 0.3 is 0 Å². The van der Waals surface area contributed by atoms with Gasteiger partial charge in [-0.3, -0.25) is 4.68 Å². The van der Waals surface area contributed by atoms with E-state index in [0.29, 0.717) is 6.61 Å². The van der Waals surface area contributed by atoms with Gasteiger partial charge in [-0.05, 0) is 36.7 Å². The zero-order valence-corrected chi connectivity index (χ0v) is 11.6. The Kier molecular flexibility index (Phi) is 3.37. The Hall–Kier alpha value is -0.390. The molecule has 0 amide bonds. The minimum atomic E-state index is -0.00378. The lowest BCUT2D eigenvalue weighted by atomic mass is 10.0. The lowest BCUT2D eigenvalue weighted by Crippen LogP contribution is -2.58. The summed E-state index contributed by atoms with van der Waals surface area (Å²) in [6.07, 6.45) is 0. The van der Waals surface area contributed by atoms with Crippen LogP contribution in [0.15, 0.2) is 4.47 Å². The van der Waals surface area contributed by atoms with E-state index in [0.717, 1.165) is 35.5 Å². The summed E-state index contributed by atoms with van der Waals surface area (Å²) in [5, 5.41) is 7.67. The zero-order valence-electron chi connectivity index (χ0n) is 10.0. The summed E-state index contributed by atoms with van der Waals surface area (Å²) in [6.45, 7) is 9.60. The minimum Gasteiger partial charge on any atom is -0.366 e. The molecule has 0 radical (unpaired) electrons. The number of ether oxygens (including phenoxy) is 1. The van der Waals surface area contributed by atoms with Crippen molar-refractivity contribution in [1.82, 2.24) is 15.1 Å². The molecule has 0 aliphatic carbocycles. The number of rotatable bonds is 4. The number of hydrogen-bond donors (Lipinski definition) is 1. The molecule has 0 bridgehead atoms. The van der Waals surface area contributed by atoms with E-state index in [9.17, 15) is 0 Å². The Balaban J connectivity index is 2.08. The van der Waals surface area contributed by atoms with Crippen LogP contribution in [0, 0.1) is 6.92 Å². The fourth-order valence-corrected chi connectivity index (χ4v) is 2.23. The number of hydrogen-bond acceptors (Lipinski definition) is 3. The van der Waals surface area contributed by atoms with E-state index in [4.69, 9.17) is 4.74 Å². The number of nitrogens with zero attached hydrogens (tertiary/aromatic N) is 2. The molecule has 0 aromatic carbocycles. The molecule has 0 saturated carbocycles. The molecule has 0 spiro atoms. The van der Waals surface area contributed by atoms with Crippen LogP contribution in [0.1, 0.15) is 25.2 Å². The van der Waals surface area contributed by atoms with Crippen molar-refractivity contribution < 1.29 is 4.74 Å². The first-order chi connectivity index (χ1) is 7.56. The van der Waals surface area contributed by atoms with Gasteiger partial charge in [0.25, 0.3) is 0 Å². The largest absolute Gasteiger partial charge is 0.366 e. The van der Waals surface area contributed by atoms with Crippen LogP contribution in [-0.2, 0) is 17.9 Å². The lowest BCUT2D eigenvalue weighted by Gasteiger charge is -2.39. The van der Waals surface area contributed by atoms with Gasteiger partial charge in [0.1, 0.15) is 0 Å². The smallest absolute Gasteiger partial charge is 0.0907 e. The van der Waals surface area contributed by atoms with E-state index in [1.807, 2.05) is 11.6 Å². The summed E-state index contributed by atoms with van der Waals surface area (Å²) in [6, 6.07) is 0. The second-order valence-corrected chi connectivity index (χ2v) is 5.30. The fraction of sp³-hybridized carbons (Fsp3) is 0.727. The predicted molar refractivity (Wildman–Crippen MR) is 66.4 cm³/mol. The van der Waals surface area contributed by atoms with Crippen LogP contribution in [0.3, 0.4) is 0 Å². The third-order valence-corrected chi connectivity index (χ3v) is 4.04. The summed E-state index contributed by atoms with van der Waals surface area (Å²) in [5.74, 6) is 0. The van der Waals surface area contributed by atoms with Crippen LogP contribution in [0.5, 0.6) is 0 Å². The average Bonchev–Trinajstić information content (AvgIpc) is 2.50. The molecule has 0 unspecified atom stereocenters. The first-order valence-corrected chi connectivity index (χ1v) is 6.41. The van der Waals surface area contributed by atoms with Crippen molar-refractivity contribution in [1.29, 1.82) is 0 Å². The van der Waals surface area contributed by atoms with Crippen molar-refractivity contribution >= 4 is 15.9 Å². The number of aryl methyl sites for hydroxylation is 2. The molecule has 1 N–H and O–H groups in total. The normalized spacial score (nSPS) is 18.5. The summed E-state index contributed by atoms with van der Waals surface area (Å²) < 4.78 is 9.00. The molecule has 1 aromatic rings. The van der Waals surface area contributed by atoms with Crippen molar-refractivity contribution in [2.45, 2.75) is 39.5 Å². The Morgan fingerprint density at radius 3 is 2.75 bits per heavy atom. The van der Waals surface area contributed by atoms with E-state index in [1.54, 1.807) is 0 Å². The first kappa shape index (κ1) is 12.1. The number of nitrogens with one attached hydrogen (secondary N) is 1. The maximum Gasteiger partial charge on any atom is 0.0907 e. The second-order valence-electron chi connectivity index (χ2n) is 4.50. The molecular weight excluding hydrogens is 270 g/mol. The van der Waals surface area contributed by atoms with Crippen molar-refractivity contribution in [3.63, 3.8) is 0 Å². The molecule has 16 heavy (non-hydrogen) atoms. The molecule has 0 atom stereocenters. The third-order valence-electron chi connectivity index (χ3n) is 3.01. The molecule has 1 aliphatic heterocycles. The molecule has 2 heterocycles. The van der Waals surface area contributed by atoms with Crippen molar-refractivity contribution in [2.24, 2.45) is 0 Å². The highest BCUT2D eigenvalue weighted by Gasteiger charge is 2.33. The Morgan fingerprint density at radius 1 is 1.56 bits per heavy atom. The van der Waals surface area contributed by atoms with Gasteiger partial charge in [-0.2, -0.15) is 5.10 Å². The van der Waals surface area contributed by atoms with Gasteiger partial charge in [-0.1, -0.05) is 0 Å². The lowest BCUT2D eigenvalue weighted by molar-refractivity contribution is -0.0790. The summed E-state index contributed by atoms with van der Waals surface area (Å²) in [5.41, 5.74) is 2.15. The van der Waals surface area contributed by atoms with Crippen LogP contribution in [-0.4, -0.2) is 28.5 Å². The molecule has 5 heteroatoms. The molecule has 1 saturated heterocycles. The molecule has 2 rings (SSSR count). The van der Waals surface area contributed by atoms with Gasteiger partial charge in [-0.25, -0.2) is 0 Å². The van der Waals surface area contributed by atoms with Crippen LogP contribution in [0.25, 0.3) is 0 Å². The standard InChI is InChI=1S/C11H18BrN3O/c1-4-15-9(10(12)8(2)14-15)5-16-11(3)6-13-7-11/h13H,4-7H2,1-3H3. The van der Waals surface area contributed by atoms with Gasteiger partial charge in [-0.15, -0.1) is 0 Å². The van der Waals surface area contributed by atoms with E-state index in [2.05, 4.69) is 40.2 Å². The summed E-state index contributed by atoms with van der Waals surface area (Å²) in [4.78, 5) is 0. The van der Waals surface area contributed by atoms with Gasteiger partial charge < -0.3 is 10.1 Å². The molecule has 1 fully saturated rings. The van der Waals surface area contributed by atoms with E-state index in [1.165, 1.54) is 0 Å². The first-order valence-electron chi connectivity index (χ1n) is 5.62. The minimum absolute atomic E-state index is 0.00378. The highest BCUT2D eigenvalue weighted by Crippen LogP contribution is 2.24. The van der Waals surface area contributed by atoms with Crippen LogP contribution in [0.4, 0.5) is 0 Å². The van der Waals surface area contributed by atoms with Crippen LogP contribution in [0.2, 0.25) is 0 Å². The molecule has 4 nitrogen and oxygen atoms in total. The highest BCUT2D eigenvalue weighted by molar-refractivity contribution is 9.10. The predicted octanol–water partition coefficient (Wildman–Crippen LogP) is 1.85. The van der Waals surface area contributed by atoms with E-state index < -0.39 is 0 Å². The van der Waals surface area contributed by atoms with Gasteiger partial charge in [0, 0.05) is 19.6 Å². The summed E-state index contributed by atoms with van der Waals surface area (Å²) >= 11 is 3.57. The average molecular weight is 288 g/mol. The van der Waals surface area contributed by atoms with Gasteiger partial charge in [0.2, 0.25) is 0 Å². The van der Waals surface area contributed by atoms with Crippen LogP contribution < -0.4 is 5.32 Å². The van der Waals surface area contributed by atoms with Gasteiger partial charge in [0.05, 0.1) is 28.1 Å². The molecule has 1 aliphatic rings. The Bertz CT molecular complexity index is 385. The molecule has 1 aromatic heterocycles. The van der Waals surface area contributed by atoms with Crippen LogP contribution >= 0.6 is 15.9 Å². The molecular formula is C11H18BrN3O. The maximum absolute atomic E-state index is 5.93.